The average Bonchev–Trinajstić information content (AvgIpc) is 2.86. The molecule has 4 N–H and O–H groups in total. The number of nitrogens with one attached hydrogen (secondary N) is 2. The summed E-state index contributed by atoms with van der Waals surface area (Å²) in [5.74, 6) is 0.596. The van der Waals surface area contributed by atoms with Gasteiger partial charge in [0, 0.05) is 18.6 Å². The van der Waals surface area contributed by atoms with E-state index in [9.17, 15) is 4.79 Å². The first-order chi connectivity index (χ1) is 8.58. The normalized spacial score (nSPS) is 12.1. The van der Waals surface area contributed by atoms with E-state index >= 15 is 0 Å². The number of hydrogen-bond donors (Lipinski definition) is 3. The molecule has 2 heterocycles. The first kappa shape index (κ1) is 12.4. The van der Waals surface area contributed by atoms with Gasteiger partial charge in [-0.3, -0.25) is 4.79 Å². The lowest BCUT2D eigenvalue weighted by Crippen LogP contribution is -2.27. The molecule has 18 heavy (non-hydrogen) atoms. The number of halogens is 1. The average molecular weight is 266 g/mol. The Labute approximate surface area is 109 Å². The van der Waals surface area contributed by atoms with Gasteiger partial charge in [-0.2, -0.15) is 0 Å². The van der Waals surface area contributed by atoms with E-state index in [1.54, 1.807) is 12.4 Å². The number of anilines is 1. The Morgan fingerprint density at radius 3 is 2.94 bits per heavy atom. The minimum absolute atomic E-state index is 0.201. The zero-order valence-corrected chi connectivity index (χ0v) is 10.4. The second kappa shape index (κ2) is 5.05. The Morgan fingerprint density at radius 1 is 1.56 bits per heavy atom. The van der Waals surface area contributed by atoms with Gasteiger partial charge >= 0.3 is 0 Å². The van der Waals surface area contributed by atoms with Crippen LogP contribution in [0.15, 0.2) is 24.7 Å². The van der Waals surface area contributed by atoms with Crippen molar-refractivity contribution in [2.24, 2.45) is 0 Å². The van der Waals surface area contributed by atoms with Crippen LogP contribution in [-0.2, 0) is 0 Å². The van der Waals surface area contributed by atoms with E-state index in [0.717, 1.165) is 0 Å². The summed E-state index contributed by atoms with van der Waals surface area (Å²) < 4.78 is 0. The molecule has 2 rings (SSSR count). The van der Waals surface area contributed by atoms with Gasteiger partial charge in [0.25, 0.3) is 5.91 Å². The Bertz CT molecular complexity index is 555. The van der Waals surface area contributed by atoms with Crippen molar-refractivity contribution in [3.05, 3.63) is 41.1 Å². The highest BCUT2D eigenvalue weighted by molar-refractivity contribution is 6.33. The highest BCUT2D eigenvalue weighted by Gasteiger charge is 2.14. The minimum Gasteiger partial charge on any atom is -0.382 e. The summed E-state index contributed by atoms with van der Waals surface area (Å²) in [4.78, 5) is 22.7. The number of nitrogens with two attached hydrogens (primary N) is 1. The van der Waals surface area contributed by atoms with Crippen LogP contribution in [0, 0.1) is 0 Å². The summed E-state index contributed by atoms with van der Waals surface area (Å²) in [6.07, 6.45) is 4.70. The zero-order valence-electron chi connectivity index (χ0n) is 9.64. The summed E-state index contributed by atoms with van der Waals surface area (Å²) in [6.45, 7) is 1.82. The first-order valence-corrected chi connectivity index (χ1v) is 5.67. The molecule has 1 amide bonds. The number of carbonyl (C=O) groups excluding carboxylic acids is 1. The predicted octanol–water partition coefficient (Wildman–Crippen LogP) is 1.53. The van der Waals surface area contributed by atoms with E-state index in [4.69, 9.17) is 17.3 Å². The predicted molar refractivity (Wildman–Crippen MR) is 68.1 cm³/mol. The fourth-order valence-corrected chi connectivity index (χ4v) is 1.60. The molecule has 1 atom stereocenters. The number of amides is 1. The molecule has 7 heteroatoms. The maximum atomic E-state index is 11.9. The molecule has 0 saturated heterocycles. The van der Waals surface area contributed by atoms with Gasteiger partial charge in [-0.05, 0) is 13.0 Å². The number of aromatic amines is 1. The van der Waals surface area contributed by atoms with Crippen molar-refractivity contribution in [2.45, 2.75) is 13.0 Å². The van der Waals surface area contributed by atoms with Gasteiger partial charge in [0.15, 0.2) is 0 Å². The highest BCUT2D eigenvalue weighted by atomic mass is 35.5. The molecule has 0 bridgehead atoms. The molecule has 0 fully saturated rings. The van der Waals surface area contributed by atoms with Crippen LogP contribution >= 0.6 is 11.6 Å². The van der Waals surface area contributed by atoms with Crippen LogP contribution in [0.3, 0.4) is 0 Å². The Kier molecular flexibility index (Phi) is 3.47. The Hall–Kier alpha value is -2.08. The number of imidazole rings is 1. The molecule has 1 unspecified atom stereocenters. The Balaban J connectivity index is 2.10. The summed E-state index contributed by atoms with van der Waals surface area (Å²) in [5.41, 5.74) is 5.83. The van der Waals surface area contributed by atoms with Gasteiger partial charge in [-0.15, -0.1) is 0 Å². The summed E-state index contributed by atoms with van der Waals surface area (Å²) in [6, 6.07) is 1.25. The van der Waals surface area contributed by atoms with Crippen molar-refractivity contribution in [1.82, 2.24) is 20.3 Å². The third-order valence-electron chi connectivity index (χ3n) is 2.41. The van der Waals surface area contributed by atoms with Gasteiger partial charge in [0.1, 0.15) is 11.6 Å². The van der Waals surface area contributed by atoms with E-state index < -0.39 is 0 Å². The number of hydrogen-bond acceptors (Lipinski definition) is 4. The van der Waals surface area contributed by atoms with Crippen LogP contribution in [0.25, 0.3) is 0 Å². The number of aromatic nitrogens is 3. The monoisotopic (exact) mass is 265 g/mol. The van der Waals surface area contributed by atoms with Crippen LogP contribution in [0.2, 0.25) is 5.02 Å². The molecule has 0 saturated carbocycles. The number of nitrogens with zero attached hydrogens (tertiary/aromatic N) is 2. The standard InChI is InChI=1S/C11H12ClN5O/c1-6(10-14-2-3-15-10)17-11(18)7-4-8(12)9(13)16-5-7/h2-6H,1H3,(H2,13,16)(H,14,15)(H,17,18). The molecule has 0 aliphatic carbocycles. The van der Waals surface area contributed by atoms with Gasteiger partial charge in [-0.1, -0.05) is 11.6 Å². The second-order valence-corrected chi connectivity index (χ2v) is 4.17. The number of H-pyrrole nitrogens is 1. The number of carbonyl (C=O) groups is 1. The van der Waals surface area contributed by atoms with Crippen LogP contribution in [0.5, 0.6) is 0 Å². The fraction of sp³-hybridized carbons (Fsp3) is 0.182. The molecule has 2 aromatic rings. The third kappa shape index (κ3) is 2.60. The second-order valence-electron chi connectivity index (χ2n) is 3.76. The van der Waals surface area contributed by atoms with Gasteiger partial charge in [-0.25, -0.2) is 9.97 Å². The molecule has 2 aromatic heterocycles. The van der Waals surface area contributed by atoms with Gasteiger partial charge in [0.2, 0.25) is 0 Å². The van der Waals surface area contributed by atoms with Crippen molar-refractivity contribution in [2.75, 3.05) is 5.73 Å². The highest BCUT2D eigenvalue weighted by Crippen LogP contribution is 2.17. The van der Waals surface area contributed by atoms with Crippen LogP contribution in [0.4, 0.5) is 5.82 Å². The SMILES string of the molecule is CC(NC(=O)c1cnc(N)c(Cl)c1)c1ncc[nH]1. The minimum atomic E-state index is -0.284. The lowest BCUT2D eigenvalue weighted by molar-refractivity contribution is 0.0938. The lowest BCUT2D eigenvalue weighted by atomic mass is 10.2. The summed E-state index contributed by atoms with van der Waals surface area (Å²) >= 11 is 5.81. The van der Waals surface area contributed by atoms with E-state index in [2.05, 4.69) is 20.3 Å². The Morgan fingerprint density at radius 2 is 2.33 bits per heavy atom. The van der Waals surface area contributed by atoms with Crippen molar-refractivity contribution < 1.29 is 4.79 Å². The summed E-state index contributed by atoms with van der Waals surface area (Å²) in [5, 5.41) is 3.03. The number of pyridine rings is 1. The van der Waals surface area contributed by atoms with Gasteiger partial charge in [0.05, 0.1) is 16.6 Å². The molecule has 0 aliphatic heterocycles. The smallest absolute Gasteiger partial charge is 0.253 e. The number of rotatable bonds is 3. The molecule has 0 radical (unpaired) electrons. The van der Waals surface area contributed by atoms with Crippen molar-refractivity contribution in [3.8, 4) is 0 Å². The number of nitrogen functional groups attached to an aromatic ring is 1. The molecular formula is C11H12ClN5O. The zero-order chi connectivity index (χ0) is 13.1. The van der Waals surface area contributed by atoms with Crippen LogP contribution in [0.1, 0.15) is 29.1 Å². The molecule has 0 aromatic carbocycles. The topological polar surface area (TPSA) is 96.7 Å². The van der Waals surface area contributed by atoms with E-state index in [1.165, 1.54) is 12.3 Å². The quantitative estimate of drug-likeness (QED) is 0.784. The largest absolute Gasteiger partial charge is 0.382 e. The maximum absolute atomic E-state index is 11.9. The van der Waals surface area contributed by atoms with Crippen molar-refractivity contribution in [1.29, 1.82) is 0 Å². The summed E-state index contributed by atoms with van der Waals surface area (Å²) in [7, 11) is 0. The molecular weight excluding hydrogens is 254 g/mol. The van der Waals surface area contributed by atoms with Crippen LogP contribution in [-0.4, -0.2) is 20.9 Å². The van der Waals surface area contributed by atoms with Crippen LogP contribution < -0.4 is 11.1 Å². The first-order valence-electron chi connectivity index (χ1n) is 5.29. The van der Waals surface area contributed by atoms with E-state index in [-0.39, 0.29) is 22.8 Å². The molecule has 6 nitrogen and oxygen atoms in total. The third-order valence-corrected chi connectivity index (χ3v) is 2.71. The molecule has 0 spiro atoms. The molecule has 94 valence electrons. The van der Waals surface area contributed by atoms with E-state index in [0.29, 0.717) is 11.4 Å². The van der Waals surface area contributed by atoms with E-state index in [1.807, 2.05) is 6.92 Å². The fourth-order valence-electron chi connectivity index (χ4n) is 1.44. The lowest BCUT2D eigenvalue weighted by Gasteiger charge is -2.11. The molecule has 0 aliphatic rings. The van der Waals surface area contributed by atoms with Gasteiger partial charge < -0.3 is 16.0 Å². The maximum Gasteiger partial charge on any atom is 0.253 e. The van der Waals surface area contributed by atoms with Crippen molar-refractivity contribution in [3.63, 3.8) is 0 Å². The van der Waals surface area contributed by atoms with Crippen molar-refractivity contribution >= 4 is 23.3 Å².